The Kier molecular flexibility index (Phi) is 10.1. The molecule has 0 aromatic rings. The molecule has 0 heterocycles. The van der Waals surface area contributed by atoms with Crippen LogP contribution in [0.1, 0.15) is 80.1 Å². The minimum Gasteiger partial charge on any atom is -0.465 e. The van der Waals surface area contributed by atoms with Crippen molar-refractivity contribution in [3.05, 3.63) is 0 Å². The Hall–Kier alpha value is -1.06. The molecule has 0 aromatic carbocycles. The third-order valence-electron chi connectivity index (χ3n) is 4.08. The van der Waals surface area contributed by atoms with Gasteiger partial charge < -0.3 is 9.47 Å². The highest BCUT2D eigenvalue weighted by molar-refractivity contribution is 5.77. The highest BCUT2D eigenvalue weighted by atomic mass is 16.5. The molecule has 0 aromatic heterocycles. The van der Waals surface area contributed by atoms with Crippen LogP contribution in [0, 0.1) is 11.3 Å². The lowest BCUT2D eigenvalue weighted by atomic mass is 9.90. The molecule has 2 atom stereocenters. The number of rotatable bonds is 10. The molecule has 0 bridgehead atoms. The lowest BCUT2D eigenvalue weighted by Gasteiger charge is -2.26. The summed E-state index contributed by atoms with van der Waals surface area (Å²) in [5.41, 5.74) is -0.0935. The second-order valence-corrected chi connectivity index (χ2v) is 7.10. The molecule has 0 saturated heterocycles. The summed E-state index contributed by atoms with van der Waals surface area (Å²) in [6, 6.07) is 0. The molecular formula is C18H34O4. The molecule has 0 radical (unpaired) electrons. The average molecular weight is 314 g/mol. The molecule has 0 aliphatic rings. The number of carbonyl (C=O) groups is 2. The summed E-state index contributed by atoms with van der Waals surface area (Å²) in [5, 5.41) is 0. The Morgan fingerprint density at radius 1 is 1.05 bits per heavy atom. The first-order valence-electron chi connectivity index (χ1n) is 8.55. The molecule has 22 heavy (non-hydrogen) atoms. The zero-order valence-corrected chi connectivity index (χ0v) is 15.2. The van der Waals surface area contributed by atoms with Gasteiger partial charge in [0.15, 0.2) is 0 Å². The first-order chi connectivity index (χ1) is 10.2. The number of carbonyl (C=O) groups excluding carboxylic acids is 2. The first-order valence-corrected chi connectivity index (χ1v) is 8.55. The van der Waals surface area contributed by atoms with Crippen molar-refractivity contribution in [1.29, 1.82) is 0 Å². The van der Waals surface area contributed by atoms with E-state index in [2.05, 4.69) is 13.8 Å². The van der Waals surface area contributed by atoms with E-state index in [1.807, 2.05) is 27.7 Å². The van der Waals surface area contributed by atoms with E-state index in [-0.39, 0.29) is 36.3 Å². The van der Waals surface area contributed by atoms with Crippen molar-refractivity contribution in [2.75, 3.05) is 6.61 Å². The smallest absolute Gasteiger partial charge is 0.306 e. The number of hydrogen-bond donors (Lipinski definition) is 0. The Morgan fingerprint density at radius 2 is 1.64 bits per heavy atom. The summed E-state index contributed by atoms with van der Waals surface area (Å²) in [6.07, 6.45) is 4.43. The van der Waals surface area contributed by atoms with Gasteiger partial charge in [-0.25, -0.2) is 0 Å². The molecule has 4 nitrogen and oxygen atoms in total. The molecule has 0 saturated carbocycles. The van der Waals surface area contributed by atoms with Crippen LogP contribution in [0.4, 0.5) is 0 Å². The maximum Gasteiger partial charge on any atom is 0.306 e. The van der Waals surface area contributed by atoms with Crippen molar-refractivity contribution in [1.82, 2.24) is 0 Å². The zero-order chi connectivity index (χ0) is 17.2. The van der Waals surface area contributed by atoms with Crippen LogP contribution in [0.25, 0.3) is 0 Å². The van der Waals surface area contributed by atoms with Gasteiger partial charge >= 0.3 is 11.9 Å². The van der Waals surface area contributed by atoms with Crippen molar-refractivity contribution in [2.45, 2.75) is 86.2 Å². The van der Waals surface area contributed by atoms with Crippen LogP contribution in [0.15, 0.2) is 0 Å². The van der Waals surface area contributed by atoms with Crippen LogP contribution in [0.3, 0.4) is 0 Å². The normalized spacial score (nSPS) is 14.3. The quantitative estimate of drug-likeness (QED) is 0.557. The minimum absolute atomic E-state index is 0.0883. The van der Waals surface area contributed by atoms with Gasteiger partial charge in [0.1, 0.15) is 6.10 Å². The van der Waals surface area contributed by atoms with E-state index < -0.39 is 0 Å². The zero-order valence-electron chi connectivity index (χ0n) is 15.2. The second kappa shape index (κ2) is 10.6. The van der Waals surface area contributed by atoms with E-state index in [0.29, 0.717) is 12.5 Å². The molecule has 2 unspecified atom stereocenters. The van der Waals surface area contributed by atoms with Crippen LogP contribution < -0.4 is 0 Å². The summed E-state index contributed by atoms with van der Waals surface area (Å²) in [5.74, 6) is -0.218. The van der Waals surface area contributed by atoms with Crippen molar-refractivity contribution in [2.24, 2.45) is 11.3 Å². The molecule has 130 valence electrons. The second-order valence-electron chi connectivity index (χ2n) is 7.10. The number of hydrogen-bond acceptors (Lipinski definition) is 4. The Labute approximate surface area is 135 Å². The maximum atomic E-state index is 11.7. The fourth-order valence-electron chi connectivity index (χ4n) is 1.82. The molecule has 0 N–H and O–H groups in total. The van der Waals surface area contributed by atoms with E-state index in [0.717, 1.165) is 25.7 Å². The van der Waals surface area contributed by atoms with Gasteiger partial charge in [0.2, 0.25) is 0 Å². The van der Waals surface area contributed by atoms with Gasteiger partial charge in [-0.3, -0.25) is 9.59 Å². The van der Waals surface area contributed by atoms with E-state index in [1.54, 1.807) is 0 Å². The lowest BCUT2D eigenvalue weighted by molar-refractivity contribution is -0.157. The molecule has 0 aliphatic carbocycles. The molecule has 0 spiro atoms. The van der Waals surface area contributed by atoms with Crippen LogP contribution in [0.2, 0.25) is 0 Å². The fourth-order valence-corrected chi connectivity index (χ4v) is 1.82. The highest BCUT2D eigenvalue weighted by Gasteiger charge is 2.24. The highest BCUT2D eigenvalue weighted by Crippen LogP contribution is 2.22. The summed E-state index contributed by atoms with van der Waals surface area (Å²) in [6.45, 7) is 12.6. The van der Waals surface area contributed by atoms with Crippen LogP contribution in [-0.2, 0) is 19.1 Å². The SMILES string of the molecule is CCCCC(CC)COC(=O)CCC(=O)OC(C)C(C)(C)C. The molecule has 0 fully saturated rings. The van der Waals surface area contributed by atoms with Gasteiger partial charge in [-0.2, -0.15) is 0 Å². The molecular weight excluding hydrogens is 280 g/mol. The lowest BCUT2D eigenvalue weighted by Crippen LogP contribution is -2.29. The van der Waals surface area contributed by atoms with Gasteiger partial charge in [0.25, 0.3) is 0 Å². The van der Waals surface area contributed by atoms with E-state index in [9.17, 15) is 9.59 Å². The van der Waals surface area contributed by atoms with E-state index in [1.165, 1.54) is 0 Å². The summed E-state index contributed by atoms with van der Waals surface area (Å²) in [4.78, 5) is 23.4. The third kappa shape index (κ3) is 9.80. The molecule has 0 rings (SSSR count). The third-order valence-corrected chi connectivity index (χ3v) is 4.08. The van der Waals surface area contributed by atoms with Crippen molar-refractivity contribution in [3.63, 3.8) is 0 Å². The van der Waals surface area contributed by atoms with Gasteiger partial charge in [-0.1, -0.05) is 53.9 Å². The summed E-state index contributed by atoms with van der Waals surface area (Å²) >= 11 is 0. The molecule has 0 aliphatic heterocycles. The maximum absolute atomic E-state index is 11.7. The standard InChI is InChI=1S/C18H34O4/c1-7-9-10-15(8-2)13-21-16(19)11-12-17(20)22-14(3)18(4,5)6/h14-15H,7-13H2,1-6H3. The van der Waals surface area contributed by atoms with Gasteiger partial charge in [0.05, 0.1) is 19.4 Å². The van der Waals surface area contributed by atoms with Crippen molar-refractivity contribution < 1.29 is 19.1 Å². The summed E-state index contributed by atoms with van der Waals surface area (Å²) < 4.78 is 10.6. The van der Waals surface area contributed by atoms with Crippen molar-refractivity contribution in [3.8, 4) is 0 Å². The molecule has 0 amide bonds. The average Bonchev–Trinajstić information content (AvgIpc) is 2.44. The van der Waals surface area contributed by atoms with Gasteiger partial charge in [-0.15, -0.1) is 0 Å². The van der Waals surface area contributed by atoms with Gasteiger partial charge in [0, 0.05) is 0 Å². The van der Waals surface area contributed by atoms with Crippen LogP contribution >= 0.6 is 0 Å². The predicted molar refractivity (Wildman–Crippen MR) is 88.5 cm³/mol. The number of ether oxygens (including phenoxy) is 2. The fraction of sp³-hybridized carbons (Fsp3) is 0.889. The predicted octanol–water partition coefficient (Wildman–Crippen LogP) is 4.50. The Bertz CT molecular complexity index is 330. The topological polar surface area (TPSA) is 52.6 Å². The van der Waals surface area contributed by atoms with Crippen LogP contribution in [-0.4, -0.2) is 24.6 Å². The Balaban J connectivity index is 3.95. The monoisotopic (exact) mass is 314 g/mol. The van der Waals surface area contributed by atoms with Gasteiger partial charge in [-0.05, 0) is 24.7 Å². The number of unbranched alkanes of at least 4 members (excludes halogenated alkanes) is 1. The number of esters is 2. The molecule has 4 heteroatoms. The largest absolute Gasteiger partial charge is 0.465 e. The van der Waals surface area contributed by atoms with E-state index in [4.69, 9.17) is 9.47 Å². The minimum atomic E-state index is -0.336. The van der Waals surface area contributed by atoms with Crippen LogP contribution in [0.5, 0.6) is 0 Å². The van der Waals surface area contributed by atoms with Crippen molar-refractivity contribution >= 4 is 11.9 Å². The van der Waals surface area contributed by atoms with E-state index >= 15 is 0 Å². The Morgan fingerprint density at radius 3 is 2.14 bits per heavy atom. The first kappa shape index (κ1) is 20.9. The summed E-state index contributed by atoms with van der Waals surface area (Å²) in [7, 11) is 0.